The molecular weight excluding hydrogens is 164 g/mol. The average molecular weight is 186 g/mol. The lowest BCUT2D eigenvalue weighted by Crippen LogP contribution is -2.30. The Morgan fingerprint density at radius 3 is 2.46 bits per heavy atom. The molecule has 0 aliphatic heterocycles. The molecule has 3 nitrogen and oxygen atoms in total. The SMILES string of the molecule is CCCN(C)C(=O)CC(CC)CN. The van der Waals surface area contributed by atoms with Gasteiger partial charge in [-0.2, -0.15) is 0 Å². The van der Waals surface area contributed by atoms with Crippen molar-refractivity contribution in [3.05, 3.63) is 0 Å². The molecular formula is C10H22N2O. The molecule has 0 aromatic carbocycles. The normalized spacial score (nSPS) is 12.6. The van der Waals surface area contributed by atoms with Gasteiger partial charge in [0.25, 0.3) is 0 Å². The molecule has 0 bridgehead atoms. The topological polar surface area (TPSA) is 46.3 Å². The second-order valence-corrected chi connectivity index (χ2v) is 3.53. The summed E-state index contributed by atoms with van der Waals surface area (Å²) in [6, 6.07) is 0. The summed E-state index contributed by atoms with van der Waals surface area (Å²) in [5.74, 6) is 0.575. The van der Waals surface area contributed by atoms with Crippen LogP contribution in [0.15, 0.2) is 0 Å². The molecule has 1 atom stereocenters. The van der Waals surface area contributed by atoms with E-state index in [9.17, 15) is 4.79 Å². The average Bonchev–Trinajstić information content (AvgIpc) is 2.14. The Balaban J connectivity index is 3.83. The molecule has 0 aromatic heterocycles. The Morgan fingerprint density at radius 2 is 2.08 bits per heavy atom. The number of rotatable bonds is 6. The minimum absolute atomic E-state index is 0.221. The third-order valence-corrected chi connectivity index (χ3v) is 2.36. The molecule has 3 heteroatoms. The maximum atomic E-state index is 11.5. The first-order chi connectivity index (χ1) is 6.15. The van der Waals surface area contributed by atoms with Gasteiger partial charge in [-0.05, 0) is 18.9 Å². The van der Waals surface area contributed by atoms with Gasteiger partial charge in [0.1, 0.15) is 0 Å². The fraction of sp³-hybridized carbons (Fsp3) is 0.900. The lowest BCUT2D eigenvalue weighted by atomic mass is 10.0. The summed E-state index contributed by atoms with van der Waals surface area (Å²) in [5, 5.41) is 0. The summed E-state index contributed by atoms with van der Waals surface area (Å²) in [5.41, 5.74) is 5.53. The van der Waals surface area contributed by atoms with Gasteiger partial charge in [0.2, 0.25) is 5.91 Å². The summed E-state index contributed by atoms with van der Waals surface area (Å²) < 4.78 is 0. The zero-order valence-electron chi connectivity index (χ0n) is 9.05. The fourth-order valence-corrected chi connectivity index (χ4v) is 1.26. The summed E-state index contributed by atoms with van der Waals surface area (Å²) in [6.45, 7) is 5.61. The summed E-state index contributed by atoms with van der Waals surface area (Å²) in [6.07, 6.45) is 2.60. The van der Waals surface area contributed by atoms with Gasteiger partial charge in [-0.1, -0.05) is 20.3 Å². The van der Waals surface area contributed by atoms with Gasteiger partial charge >= 0.3 is 0 Å². The molecule has 0 aromatic rings. The van der Waals surface area contributed by atoms with Crippen LogP contribution in [0.5, 0.6) is 0 Å². The van der Waals surface area contributed by atoms with Gasteiger partial charge in [0.15, 0.2) is 0 Å². The van der Waals surface area contributed by atoms with Gasteiger partial charge in [0, 0.05) is 20.0 Å². The number of hydrogen-bond acceptors (Lipinski definition) is 2. The summed E-state index contributed by atoms with van der Waals surface area (Å²) >= 11 is 0. The van der Waals surface area contributed by atoms with Crippen molar-refractivity contribution >= 4 is 5.91 Å². The standard InChI is InChI=1S/C10H22N2O/c1-4-6-12(3)10(13)7-9(5-2)8-11/h9H,4-8,11H2,1-3H3. The highest BCUT2D eigenvalue weighted by Gasteiger charge is 2.13. The van der Waals surface area contributed by atoms with Crippen molar-refractivity contribution in [1.29, 1.82) is 0 Å². The fourth-order valence-electron chi connectivity index (χ4n) is 1.26. The quantitative estimate of drug-likeness (QED) is 0.678. The van der Waals surface area contributed by atoms with Crippen LogP contribution < -0.4 is 5.73 Å². The van der Waals surface area contributed by atoms with Crippen LogP contribution in [0.1, 0.15) is 33.1 Å². The van der Waals surface area contributed by atoms with Crippen LogP contribution in [-0.2, 0) is 4.79 Å². The van der Waals surface area contributed by atoms with Crippen molar-refractivity contribution in [1.82, 2.24) is 4.90 Å². The van der Waals surface area contributed by atoms with Gasteiger partial charge in [-0.15, -0.1) is 0 Å². The first kappa shape index (κ1) is 12.4. The van der Waals surface area contributed by atoms with Crippen LogP contribution in [-0.4, -0.2) is 30.9 Å². The van der Waals surface area contributed by atoms with E-state index in [1.807, 2.05) is 7.05 Å². The van der Waals surface area contributed by atoms with Crippen LogP contribution in [0.3, 0.4) is 0 Å². The van der Waals surface area contributed by atoms with Gasteiger partial charge in [-0.25, -0.2) is 0 Å². The van der Waals surface area contributed by atoms with E-state index in [0.29, 0.717) is 18.9 Å². The Hall–Kier alpha value is -0.570. The number of nitrogens with zero attached hydrogens (tertiary/aromatic N) is 1. The van der Waals surface area contributed by atoms with Crippen LogP contribution in [0, 0.1) is 5.92 Å². The van der Waals surface area contributed by atoms with E-state index >= 15 is 0 Å². The smallest absolute Gasteiger partial charge is 0.222 e. The van der Waals surface area contributed by atoms with E-state index in [0.717, 1.165) is 19.4 Å². The predicted molar refractivity (Wildman–Crippen MR) is 55.4 cm³/mol. The van der Waals surface area contributed by atoms with E-state index in [1.54, 1.807) is 4.90 Å². The first-order valence-corrected chi connectivity index (χ1v) is 5.09. The summed E-state index contributed by atoms with van der Waals surface area (Å²) in [4.78, 5) is 13.3. The lowest BCUT2D eigenvalue weighted by molar-refractivity contribution is -0.130. The van der Waals surface area contributed by atoms with Crippen molar-refractivity contribution in [2.24, 2.45) is 11.7 Å². The molecule has 1 amide bonds. The van der Waals surface area contributed by atoms with Gasteiger partial charge in [0.05, 0.1) is 0 Å². The highest BCUT2D eigenvalue weighted by molar-refractivity contribution is 5.76. The van der Waals surface area contributed by atoms with Crippen molar-refractivity contribution in [2.75, 3.05) is 20.1 Å². The van der Waals surface area contributed by atoms with E-state index in [4.69, 9.17) is 5.73 Å². The Morgan fingerprint density at radius 1 is 1.46 bits per heavy atom. The Labute approximate surface area is 81.3 Å². The highest BCUT2D eigenvalue weighted by Crippen LogP contribution is 2.07. The van der Waals surface area contributed by atoms with Gasteiger partial charge < -0.3 is 10.6 Å². The highest BCUT2D eigenvalue weighted by atomic mass is 16.2. The molecule has 2 N–H and O–H groups in total. The molecule has 0 fully saturated rings. The van der Waals surface area contributed by atoms with Crippen LogP contribution in [0.4, 0.5) is 0 Å². The van der Waals surface area contributed by atoms with Crippen molar-refractivity contribution in [2.45, 2.75) is 33.1 Å². The minimum Gasteiger partial charge on any atom is -0.346 e. The molecule has 0 saturated carbocycles. The second kappa shape index (κ2) is 6.89. The number of carbonyl (C=O) groups excluding carboxylic acids is 1. The van der Waals surface area contributed by atoms with Crippen molar-refractivity contribution in [3.8, 4) is 0 Å². The molecule has 0 heterocycles. The molecule has 0 aliphatic rings. The minimum atomic E-state index is 0.221. The van der Waals surface area contributed by atoms with Crippen LogP contribution in [0.25, 0.3) is 0 Å². The number of nitrogens with two attached hydrogens (primary N) is 1. The second-order valence-electron chi connectivity index (χ2n) is 3.53. The molecule has 0 saturated heterocycles. The number of amides is 1. The maximum Gasteiger partial charge on any atom is 0.222 e. The molecule has 0 rings (SSSR count). The number of carbonyl (C=O) groups is 1. The van der Waals surface area contributed by atoms with E-state index in [1.165, 1.54) is 0 Å². The zero-order valence-corrected chi connectivity index (χ0v) is 9.05. The third-order valence-electron chi connectivity index (χ3n) is 2.36. The van der Waals surface area contributed by atoms with Gasteiger partial charge in [-0.3, -0.25) is 4.79 Å². The molecule has 0 radical (unpaired) electrons. The Bertz CT molecular complexity index is 144. The van der Waals surface area contributed by atoms with E-state index < -0.39 is 0 Å². The Kier molecular flexibility index (Phi) is 6.59. The first-order valence-electron chi connectivity index (χ1n) is 5.09. The van der Waals surface area contributed by atoms with E-state index in [-0.39, 0.29) is 5.91 Å². The third kappa shape index (κ3) is 4.88. The largest absolute Gasteiger partial charge is 0.346 e. The predicted octanol–water partition coefficient (Wildman–Crippen LogP) is 1.23. The monoisotopic (exact) mass is 186 g/mol. The molecule has 1 unspecified atom stereocenters. The van der Waals surface area contributed by atoms with Crippen molar-refractivity contribution in [3.63, 3.8) is 0 Å². The molecule has 13 heavy (non-hydrogen) atoms. The van der Waals surface area contributed by atoms with Crippen LogP contribution in [0.2, 0.25) is 0 Å². The maximum absolute atomic E-state index is 11.5. The molecule has 78 valence electrons. The molecule has 0 spiro atoms. The zero-order chi connectivity index (χ0) is 10.3. The lowest BCUT2D eigenvalue weighted by Gasteiger charge is -2.19. The van der Waals surface area contributed by atoms with Crippen molar-refractivity contribution < 1.29 is 4.79 Å². The molecule has 0 aliphatic carbocycles. The van der Waals surface area contributed by atoms with E-state index in [2.05, 4.69) is 13.8 Å². The summed E-state index contributed by atoms with van der Waals surface area (Å²) in [7, 11) is 1.86. The number of hydrogen-bond donors (Lipinski definition) is 1. The van der Waals surface area contributed by atoms with Crippen LogP contribution >= 0.6 is 0 Å².